The van der Waals surface area contributed by atoms with Crippen LogP contribution in [0.2, 0.25) is 5.02 Å². The smallest absolute Gasteiger partial charge is 0.268 e. The fourth-order valence-corrected chi connectivity index (χ4v) is 5.48. The lowest BCUT2D eigenvalue weighted by Gasteiger charge is -2.37. The molecule has 1 aromatic heterocycles. The van der Waals surface area contributed by atoms with Crippen LogP contribution in [-0.2, 0) is 10.0 Å². The normalized spacial score (nSPS) is 19.4. The number of pyridine rings is 1. The molecule has 1 aliphatic heterocycles. The number of benzene rings is 1. The number of sulfonamides is 1. The summed E-state index contributed by atoms with van der Waals surface area (Å²) in [5.74, 6) is -7.67. The topological polar surface area (TPSA) is 65.5 Å². The van der Waals surface area contributed by atoms with Crippen LogP contribution in [0.3, 0.4) is 0 Å². The maximum Gasteiger partial charge on any atom is 0.268 e. The van der Waals surface area contributed by atoms with Crippen LogP contribution in [0, 0.1) is 23.0 Å². The Morgan fingerprint density at radius 2 is 1.94 bits per heavy atom. The van der Waals surface area contributed by atoms with Crippen molar-refractivity contribution in [1.82, 2.24) is 9.88 Å². The largest absolute Gasteiger partial charge is 0.369 e. The van der Waals surface area contributed by atoms with E-state index in [1.807, 2.05) is 0 Å². The Bertz CT molecular complexity index is 1160. The number of nitrogens with one attached hydrogen (secondary N) is 1. The second-order valence-electron chi connectivity index (χ2n) is 8.36. The fourth-order valence-electron chi connectivity index (χ4n) is 4.01. The summed E-state index contributed by atoms with van der Waals surface area (Å²) in [4.78, 5) is 4.82. The minimum absolute atomic E-state index is 0.0204. The van der Waals surface area contributed by atoms with E-state index in [-0.39, 0.29) is 31.7 Å². The SMILES string of the molecule is CN(C)C[C@]1(C(C)(F)F)CCN(c2cc(F)c(S(=O)(=O)Nc3cccc(F)n3)c(F)c2Cl)C1. The van der Waals surface area contributed by atoms with Crippen molar-refractivity contribution in [3.63, 3.8) is 0 Å². The van der Waals surface area contributed by atoms with Gasteiger partial charge in [-0.25, -0.2) is 31.0 Å². The van der Waals surface area contributed by atoms with Crippen LogP contribution in [0.25, 0.3) is 0 Å². The first-order chi connectivity index (χ1) is 15.2. The number of hydrogen-bond acceptors (Lipinski definition) is 5. The summed E-state index contributed by atoms with van der Waals surface area (Å²) in [5, 5.41) is -0.732. The molecule has 182 valence electrons. The summed E-state index contributed by atoms with van der Waals surface area (Å²) in [6.07, 6.45) is 0.0289. The van der Waals surface area contributed by atoms with Crippen molar-refractivity contribution in [2.45, 2.75) is 24.2 Å². The molecule has 1 aromatic carbocycles. The van der Waals surface area contributed by atoms with E-state index in [2.05, 4.69) is 4.98 Å². The van der Waals surface area contributed by atoms with Crippen LogP contribution in [0.15, 0.2) is 29.2 Å². The second-order valence-corrected chi connectivity index (χ2v) is 10.4. The number of aromatic nitrogens is 1. The van der Waals surface area contributed by atoms with Crippen LogP contribution in [0.5, 0.6) is 0 Å². The molecule has 3 rings (SSSR count). The number of rotatable bonds is 7. The lowest BCUT2D eigenvalue weighted by atomic mass is 9.80. The molecule has 0 spiro atoms. The predicted octanol–water partition coefficient (Wildman–Crippen LogP) is 4.37. The summed E-state index contributed by atoms with van der Waals surface area (Å²) in [6.45, 7) is 0.607. The number of halogens is 6. The van der Waals surface area contributed by atoms with Crippen molar-refractivity contribution < 1.29 is 30.4 Å². The minimum Gasteiger partial charge on any atom is -0.369 e. The lowest BCUT2D eigenvalue weighted by molar-refractivity contribution is -0.105. The van der Waals surface area contributed by atoms with Gasteiger partial charge in [-0.15, -0.1) is 0 Å². The Morgan fingerprint density at radius 3 is 2.52 bits per heavy atom. The molecular weight excluding hydrogens is 491 g/mol. The molecule has 0 radical (unpaired) electrons. The number of nitrogens with zero attached hydrogens (tertiary/aromatic N) is 3. The minimum atomic E-state index is -4.87. The van der Waals surface area contributed by atoms with E-state index in [1.54, 1.807) is 23.7 Å². The second kappa shape index (κ2) is 8.88. The summed E-state index contributed by atoms with van der Waals surface area (Å²) >= 11 is 6.05. The van der Waals surface area contributed by atoms with Crippen molar-refractivity contribution >= 4 is 33.1 Å². The predicted molar refractivity (Wildman–Crippen MR) is 115 cm³/mol. The highest BCUT2D eigenvalue weighted by Gasteiger charge is 2.54. The Balaban J connectivity index is 1.98. The monoisotopic (exact) mass is 512 g/mol. The summed E-state index contributed by atoms with van der Waals surface area (Å²) in [6, 6.07) is 3.89. The van der Waals surface area contributed by atoms with Gasteiger partial charge in [0.1, 0.15) is 16.7 Å². The first-order valence-corrected chi connectivity index (χ1v) is 11.6. The van der Waals surface area contributed by atoms with E-state index in [0.717, 1.165) is 25.1 Å². The van der Waals surface area contributed by atoms with Crippen molar-refractivity contribution in [1.29, 1.82) is 0 Å². The highest BCUT2D eigenvalue weighted by Crippen LogP contribution is 2.47. The van der Waals surface area contributed by atoms with E-state index in [9.17, 15) is 26.0 Å². The van der Waals surface area contributed by atoms with Gasteiger partial charge in [-0.3, -0.25) is 4.72 Å². The zero-order chi connectivity index (χ0) is 24.8. The zero-order valence-corrected chi connectivity index (χ0v) is 19.5. The molecule has 13 heteroatoms. The van der Waals surface area contributed by atoms with Gasteiger partial charge in [-0.05, 0) is 32.6 Å². The molecule has 2 heterocycles. The van der Waals surface area contributed by atoms with Gasteiger partial charge in [-0.1, -0.05) is 17.7 Å². The molecule has 1 atom stereocenters. The molecule has 0 amide bonds. The third kappa shape index (κ3) is 5.02. The lowest BCUT2D eigenvalue weighted by Crippen LogP contribution is -2.48. The number of hydrogen-bond donors (Lipinski definition) is 1. The molecule has 2 aromatic rings. The van der Waals surface area contributed by atoms with E-state index < -0.39 is 54.7 Å². The maximum atomic E-state index is 15.0. The number of anilines is 2. The third-order valence-electron chi connectivity index (χ3n) is 5.56. The Morgan fingerprint density at radius 1 is 1.27 bits per heavy atom. The molecule has 1 N–H and O–H groups in total. The molecular formula is C20H22ClF5N4O2S. The van der Waals surface area contributed by atoms with Gasteiger partial charge in [-0.2, -0.15) is 4.39 Å². The Labute approximate surface area is 193 Å². The molecule has 33 heavy (non-hydrogen) atoms. The molecule has 0 saturated carbocycles. The van der Waals surface area contributed by atoms with E-state index >= 15 is 4.39 Å². The average molecular weight is 513 g/mol. The van der Waals surface area contributed by atoms with Crippen molar-refractivity contribution in [3.05, 3.63) is 46.9 Å². The molecule has 0 unspecified atom stereocenters. The molecule has 6 nitrogen and oxygen atoms in total. The van der Waals surface area contributed by atoms with Crippen LogP contribution in [0.1, 0.15) is 13.3 Å². The van der Waals surface area contributed by atoms with Crippen LogP contribution in [-0.4, -0.2) is 58.0 Å². The van der Waals surface area contributed by atoms with Gasteiger partial charge in [0.25, 0.3) is 15.9 Å². The Kier molecular flexibility index (Phi) is 6.84. The average Bonchev–Trinajstić information content (AvgIpc) is 3.08. The van der Waals surface area contributed by atoms with Crippen molar-refractivity contribution in [3.8, 4) is 0 Å². The maximum absolute atomic E-state index is 15.0. The summed E-state index contributed by atoms with van der Waals surface area (Å²) in [5.41, 5.74) is -1.73. The van der Waals surface area contributed by atoms with Gasteiger partial charge in [0.15, 0.2) is 10.7 Å². The third-order valence-corrected chi connectivity index (χ3v) is 7.31. The van der Waals surface area contributed by atoms with Gasteiger partial charge in [0.05, 0.1) is 11.1 Å². The summed E-state index contributed by atoms with van der Waals surface area (Å²) < 4.78 is 99.0. The van der Waals surface area contributed by atoms with Gasteiger partial charge < -0.3 is 9.80 Å². The van der Waals surface area contributed by atoms with E-state index in [1.165, 1.54) is 4.90 Å². The van der Waals surface area contributed by atoms with Crippen molar-refractivity contribution in [2.24, 2.45) is 5.41 Å². The van der Waals surface area contributed by atoms with Crippen LogP contribution < -0.4 is 9.62 Å². The standard InChI is InChI=1S/C20H22ClF5N4O2S/c1-19(25,26)20(10-29(2)3)7-8-30(11-20)13-9-12(22)18(17(24)16(13)21)33(31,32)28-15-6-4-5-14(23)27-15/h4-6,9H,7-8,10-11H2,1-3H3,(H,27,28)/t20-/m1/s1. The molecule has 1 fully saturated rings. The first kappa shape index (κ1) is 25.4. The molecule has 1 saturated heterocycles. The van der Waals surface area contributed by atoms with E-state index in [0.29, 0.717) is 6.07 Å². The summed E-state index contributed by atoms with van der Waals surface area (Å²) in [7, 11) is -1.59. The molecule has 0 bridgehead atoms. The van der Waals surface area contributed by atoms with Gasteiger partial charge >= 0.3 is 0 Å². The molecule has 1 aliphatic rings. The molecule has 0 aliphatic carbocycles. The van der Waals surface area contributed by atoms with Gasteiger partial charge in [0.2, 0.25) is 5.95 Å². The van der Waals surface area contributed by atoms with Crippen LogP contribution in [0.4, 0.5) is 33.5 Å². The van der Waals surface area contributed by atoms with Gasteiger partial charge in [0, 0.05) is 32.6 Å². The quantitative estimate of drug-likeness (QED) is 0.339. The zero-order valence-electron chi connectivity index (χ0n) is 18.0. The Hall–Kier alpha value is -2.18. The first-order valence-electron chi connectivity index (χ1n) is 9.77. The highest BCUT2D eigenvalue weighted by atomic mass is 35.5. The number of alkyl halides is 2. The van der Waals surface area contributed by atoms with Crippen molar-refractivity contribution in [2.75, 3.05) is 43.4 Å². The fraction of sp³-hybridized carbons (Fsp3) is 0.450. The van der Waals surface area contributed by atoms with Crippen LogP contribution >= 0.6 is 11.6 Å². The van der Waals surface area contributed by atoms with E-state index in [4.69, 9.17) is 11.6 Å². The highest BCUT2D eigenvalue weighted by molar-refractivity contribution is 7.92.